The molecule has 2 rings (SSSR count). The standard InChI is InChI=1S/C13H10Br2O2S/c14-13(15,11-7-3-1-4-8-11)18(16,17)12-9-5-2-6-10-12/h1-10H. The van der Waals surface area contributed by atoms with Crippen LogP contribution >= 0.6 is 31.9 Å². The molecule has 0 unspecified atom stereocenters. The van der Waals surface area contributed by atoms with Crippen LogP contribution in [0.5, 0.6) is 0 Å². The fourth-order valence-electron chi connectivity index (χ4n) is 1.53. The zero-order chi connectivity index (χ0) is 13.2. The quantitative estimate of drug-likeness (QED) is 0.741. The zero-order valence-electron chi connectivity index (χ0n) is 9.25. The van der Waals surface area contributed by atoms with Gasteiger partial charge in [0.25, 0.3) is 0 Å². The molecule has 0 aromatic heterocycles. The van der Waals surface area contributed by atoms with Crippen LogP contribution in [0.3, 0.4) is 0 Å². The van der Waals surface area contributed by atoms with Gasteiger partial charge in [0.15, 0.2) is 0 Å². The Hall–Kier alpha value is -0.650. The highest BCUT2D eigenvalue weighted by Crippen LogP contribution is 2.46. The summed E-state index contributed by atoms with van der Waals surface area (Å²) in [7, 11) is -3.56. The molecule has 0 radical (unpaired) electrons. The maximum atomic E-state index is 12.6. The third-order valence-corrected chi connectivity index (χ3v) is 7.78. The predicted molar refractivity (Wildman–Crippen MR) is 79.6 cm³/mol. The molecule has 0 saturated carbocycles. The minimum atomic E-state index is -3.56. The monoisotopic (exact) mass is 388 g/mol. The highest BCUT2D eigenvalue weighted by molar-refractivity contribution is 9.27. The van der Waals surface area contributed by atoms with E-state index in [0.717, 1.165) is 0 Å². The largest absolute Gasteiger partial charge is 0.221 e. The molecule has 18 heavy (non-hydrogen) atoms. The van der Waals surface area contributed by atoms with Crippen molar-refractivity contribution in [3.05, 3.63) is 66.2 Å². The topological polar surface area (TPSA) is 34.1 Å². The van der Waals surface area contributed by atoms with Crippen molar-refractivity contribution in [3.8, 4) is 0 Å². The predicted octanol–water partition coefficient (Wildman–Crippen LogP) is 4.06. The van der Waals surface area contributed by atoms with Crippen LogP contribution in [0.4, 0.5) is 0 Å². The van der Waals surface area contributed by atoms with E-state index in [9.17, 15) is 8.42 Å². The van der Waals surface area contributed by atoms with E-state index in [2.05, 4.69) is 31.9 Å². The first kappa shape index (κ1) is 13.8. The van der Waals surface area contributed by atoms with Crippen molar-refractivity contribution < 1.29 is 8.42 Å². The maximum Gasteiger partial charge on any atom is 0.210 e. The molecule has 0 fully saturated rings. The molecule has 2 aromatic carbocycles. The zero-order valence-corrected chi connectivity index (χ0v) is 13.2. The van der Waals surface area contributed by atoms with Gasteiger partial charge >= 0.3 is 0 Å². The van der Waals surface area contributed by atoms with E-state index >= 15 is 0 Å². The van der Waals surface area contributed by atoms with Gasteiger partial charge in [-0.3, -0.25) is 0 Å². The minimum Gasteiger partial charge on any atom is -0.221 e. The fourth-order valence-corrected chi connectivity index (χ4v) is 4.44. The van der Waals surface area contributed by atoms with E-state index in [1.165, 1.54) is 0 Å². The Labute approximate surface area is 123 Å². The fraction of sp³-hybridized carbons (Fsp3) is 0.0769. The van der Waals surface area contributed by atoms with Gasteiger partial charge in [0.1, 0.15) is 0 Å². The molecule has 5 heteroatoms. The van der Waals surface area contributed by atoms with Gasteiger partial charge in [-0.2, -0.15) is 0 Å². The Balaban J connectivity index is 2.55. The summed E-state index contributed by atoms with van der Waals surface area (Å²) in [6, 6.07) is 17.3. The second-order valence-corrected chi connectivity index (χ2v) is 10.3. The Morgan fingerprint density at radius 1 is 0.778 bits per heavy atom. The van der Waals surface area contributed by atoms with Crippen LogP contribution in [0.1, 0.15) is 5.56 Å². The molecule has 2 nitrogen and oxygen atoms in total. The van der Waals surface area contributed by atoms with E-state index < -0.39 is 12.4 Å². The summed E-state index contributed by atoms with van der Waals surface area (Å²) >= 11 is 6.55. The van der Waals surface area contributed by atoms with Crippen LogP contribution in [0.15, 0.2) is 65.6 Å². The first-order valence-electron chi connectivity index (χ1n) is 5.19. The molecule has 0 amide bonds. The molecule has 0 atom stereocenters. The molecule has 0 N–H and O–H groups in total. The van der Waals surface area contributed by atoms with E-state index in [-0.39, 0.29) is 4.90 Å². The van der Waals surface area contributed by atoms with Gasteiger partial charge in [0, 0.05) is 0 Å². The van der Waals surface area contributed by atoms with E-state index in [1.54, 1.807) is 54.6 Å². The summed E-state index contributed by atoms with van der Waals surface area (Å²) in [5.41, 5.74) is 0.633. The number of rotatable bonds is 3. The molecule has 94 valence electrons. The lowest BCUT2D eigenvalue weighted by atomic mass is 10.2. The molecule has 2 aromatic rings. The Bertz CT molecular complexity index is 623. The van der Waals surface area contributed by atoms with Crippen molar-refractivity contribution in [3.63, 3.8) is 0 Å². The van der Waals surface area contributed by atoms with E-state index in [4.69, 9.17) is 0 Å². The Morgan fingerprint density at radius 2 is 1.22 bits per heavy atom. The summed E-state index contributed by atoms with van der Waals surface area (Å²) in [6.45, 7) is 0. The third kappa shape index (κ3) is 2.39. The molecule has 0 spiro atoms. The number of alkyl halides is 2. The van der Waals surface area contributed by atoms with Gasteiger partial charge in [0.2, 0.25) is 12.4 Å². The van der Waals surface area contributed by atoms with Crippen LogP contribution < -0.4 is 0 Å². The third-order valence-electron chi connectivity index (χ3n) is 2.50. The van der Waals surface area contributed by atoms with Gasteiger partial charge < -0.3 is 0 Å². The lowest BCUT2D eigenvalue weighted by Gasteiger charge is -2.21. The summed E-state index contributed by atoms with van der Waals surface area (Å²) in [5, 5.41) is 0. The summed E-state index contributed by atoms with van der Waals surface area (Å²) < 4.78 is 23.8. The Morgan fingerprint density at radius 3 is 1.72 bits per heavy atom. The highest BCUT2D eigenvalue weighted by atomic mass is 79.9. The van der Waals surface area contributed by atoms with Gasteiger partial charge in [-0.1, -0.05) is 48.5 Å². The first-order chi connectivity index (χ1) is 8.46. The van der Waals surface area contributed by atoms with Crippen molar-refractivity contribution in [2.45, 2.75) is 7.46 Å². The van der Waals surface area contributed by atoms with Crippen molar-refractivity contribution in [1.29, 1.82) is 0 Å². The molecular formula is C13H10Br2O2S. The van der Waals surface area contributed by atoms with Crippen molar-refractivity contribution >= 4 is 41.7 Å². The van der Waals surface area contributed by atoms with Crippen LogP contribution in [0.25, 0.3) is 0 Å². The lowest BCUT2D eigenvalue weighted by Crippen LogP contribution is -2.22. The number of benzene rings is 2. The van der Waals surface area contributed by atoms with Crippen LogP contribution in [0, 0.1) is 0 Å². The van der Waals surface area contributed by atoms with Crippen molar-refractivity contribution in [2.75, 3.05) is 0 Å². The molecule has 0 aliphatic carbocycles. The van der Waals surface area contributed by atoms with Crippen molar-refractivity contribution in [1.82, 2.24) is 0 Å². The van der Waals surface area contributed by atoms with Gasteiger partial charge in [0.05, 0.1) is 4.90 Å². The van der Waals surface area contributed by atoms with Gasteiger partial charge in [-0.25, -0.2) is 8.42 Å². The molecular weight excluding hydrogens is 380 g/mol. The SMILES string of the molecule is O=S(=O)(c1ccccc1)C(Br)(Br)c1ccccc1. The molecule has 0 heterocycles. The van der Waals surface area contributed by atoms with Gasteiger partial charge in [-0.05, 0) is 49.6 Å². The summed E-state index contributed by atoms with van der Waals surface area (Å²) in [5.74, 6) is 0. The maximum absolute atomic E-state index is 12.6. The first-order valence-corrected chi connectivity index (χ1v) is 8.26. The van der Waals surface area contributed by atoms with Crippen LogP contribution in [-0.2, 0) is 12.4 Å². The number of halogens is 2. The molecule has 0 bridgehead atoms. The van der Waals surface area contributed by atoms with E-state index in [1.807, 2.05) is 6.07 Å². The average molecular weight is 390 g/mol. The second kappa shape index (κ2) is 5.15. The van der Waals surface area contributed by atoms with Crippen LogP contribution in [0.2, 0.25) is 0 Å². The van der Waals surface area contributed by atoms with Crippen LogP contribution in [-0.4, -0.2) is 8.42 Å². The molecule has 0 aliphatic rings. The molecule has 0 saturated heterocycles. The average Bonchev–Trinajstić information content (AvgIpc) is 2.40. The number of hydrogen-bond acceptors (Lipinski definition) is 2. The summed E-state index contributed by atoms with van der Waals surface area (Å²) in [4.78, 5) is 0.266. The summed E-state index contributed by atoms with van der Waals surface area (Å²) in [6.07, 6.45) is 0. The van der Waals surface area contributed by atoms with Crippen molar-refractivity contribution in [2.24, 2.45) is 0 Å². The lowest BCUT2D eigenvalue weighted by molar-refractivity contribution is 0.593. The Kier molecular flexibility index (Phi) is 3.94. The number of hydrogen-bond donors (Lipinski definition) is 0. The minimum absolute atomic E-state index is 0.266. The molecule has 0 aliphatic heterocycles. The van der Waals surface area contributed by atoms with Gasteiger partial charge in [-0.15, -0.1) is 0 Å². The highest BCUT2D eigenvalue weighted by Gasteiger charge is 2.41. The van der Waals surface area contributed by atoms with E-state index in [0.29, 0.717) is 5.56 Å². The smallest absolute Gasteiger partial charge is 0.210 e. The number of sulfone groups is 1. The second-order valence-electron chi connectivity index (χ2n) is 3.70. The normalized spacial score (nSPS) is 12.3.